The monoisotopic (exact) mass is 205 g/mol. The van der Waals surface area contributed by atoms with E-state index >= 15 is 0 Å². The first kappa shape index (κ1) is 8.46. The van der Waals surface area contributed by atoms with Crippen molar-refractivity contribution in [1.29, 1.82) is 0 Å². The van der Waals surface area contributed by atoms with E-state index in [2.05, 4.69) is 21.3 Å². The minimum Gasteiger partial charge on any atom is -0.307 e. The summed E-state index contributed by atoms with van der Waals surface area (Å²) < 4.78 is 1.71. The van der Waals surface area contributed by atoms with E-state index in [9.17, 15) is 9.59 Å². The molecule has 0 atom stereocenters. The molecule has 6 nitrogen and oxygen atoms in total. The van der Waals surface area contributed by atoms with Gasteiger partial charge in [0.1, 0.15) is 5.65 Å². The van der Waals surface area contributed by atoms with Crippen molar-refractivity contribution in [3.8, 4) is 0 Å². The summed E-state index contributed by atoms with van der Waals surface area (Å²) in [5, 5.41) is 0. The average Bonchev–Trinajstić information content (AvgIpc) is 2.89. The second kappa shape index (κ2) is 2.82. The summed E-state index contributed by atoms with van der Waals surface area (Å²) in [6, 6.07) is 0. The number of hydrogen-bond acceptors (Lipinski definition) is 3. The maximum Gasteiger partial charge on any atom is 0.327 e. The Balaban J connectivity index is 2.22. The molecule has 1 saturated carbocycles. The van der Waals surface area contributed by atoms with Gasteiger partial charge in [0.25, 0.3) is 5.56 Å². The molecule has 0 aliphatic heterocycles. The highest BCUT2D eigenvalue weighted by Crippen LogP contribution is 2.30. The first-order valence-corrected chi connectivity index (χ1v) is 4.84. The number of aromatic nitrogens is 4. The first-order chi connectivity index (χ1) is 7.24. The van der Waals surface area contributed by atoms with Crippen LogP contribution in [0, 0.1) is 12.2 Å². The Kier molecular flexibility index (Phi) is 1.59. The van der Waals surface area contributed by atoms with E-state index in [0.29, 0.717) is 11.6 Å². The van der Waals surface area contributed by atoms with Crippen molar-refractivity contribution >= 4 is 11.2 Å². The fraction of sp³-hybridized carbons (Fsp3) is 0.444. The molecule has 2 heterocycles. The Morgan fingerprint density at radius 2 is 2.20 bits per heavy atom. The summed E-state index contributed by atoms with van der Waals surface area (Å²) in [6.07, 6.45) is 5.12. The number of nitrogens with zero attached hydrogens (tertiary/aromatic N) is 2. The van der Waals surface area contributed by atoms with E-state index < -0.39 is 11.2 Å². The lowest BCUT2D eigenvalue weighted by atomic mass is 10.4. The maximum absolute atomic E-state index is 11.3. The highest BCUT2D eigenvalue weighted by atomic mass is 16.2. The number of hydrogen-bond donors (Lipinski definition) is 2. The summed E-state index contributed by atoms with van der Waals surface area (Å²) in [5.41, 5.74) is -0.246. The van der Waals surface area contributed by atoms with Gasteiger partial charge in [-0.3, -0.25) is 14.8 Å². The SMILES string of the molecule is O=c1[nH]c(=O)c2n[c]n(CC3CC3)c2[nH]1. The molecule has 1 radical (unpaired) electrons. The predicted octanol–water partition coefficient (Wildman–Crippen LogP) is -0.377. The van der Waals surface area contributed by atoms with Crippen LogP contribution in [0.3, 0.4) is 0 Å². The van der Waals surface area contributed by atoms with E-state index in [1.54, 1.807) is 4.57 Å². The Bertz CT molecular complexity index is 617. The minimum atomic E-state index is -0.501. The lowest BCUT2D eigenvalue weighted by Crippen LogP contribution is -2.22. The normalized spacial score (nSPS) is 16.0. The molecule has 0 aromatic carbocycles. The Morgan fingerprint density at radius 1 is 1.40 bits per heavy atom. The smallest absolute Gasteiger partial charge is 0.307 e. The van der Waals surface area contributed by atoms with Crippen LogP contribution in [0.5, 0.6) is 0 Å². The third-order valence-corrected chi connectivity index (χ3v) is 2.59. The Hall–Kier alpha value is -1.85. The van der Waals surface area contributed by atoms with Gasteiger partial charge in [0.2, 0.25) is 0 Å². The minimum absolute atomic E-state index is 0.246. The molecule has 2 N–H and O–H groups in total. The second-order valence-corrected chi connectivity index (χ2v) is 3.87. The summed E-state index contributed by atoms with van der Waals surface area (Å²) in [7, 11) is 0. The maximum atomic E-state index is 11.3. The van der Waals surface area contributed by atoms with Crippen LogP contribution in [0.1, 0.15) is 12.8 Å². The second-order valence-electron chi connectivity index (χ2n) is 3.87. The molecule has 3 rings (SSSR count). The van der Waals surface area contributed by atoms with E-state index in [-0.39, 0.29) is 5.52 Å². The van der Waals surface area contributed by atoms with Gasteiger partial charge in [0.15, 0.2) is 11.8 Å². The zero-order chi connectivity index (χ0) is 10.4. The lowest BCUT2D eigenvalue weighted by molar-refractivity contribution is 0.633. The molecule has 1 aliphatic carbocycles. The fourth-order valence-corrected chi connectivity index (χ4v) is 1.62. The number of H-pyrrole nitrogens is 2. The van der Waals surface area contributed by atoms with Gasteiger partial charge in [-0.25, -0.2) is 9.78 Å². The number of imidazole rings is 1. The zero-order valence-corrected chi connectivity index (χ0v) is 7.91. The van der Waals surface area contributed by atoms with Gasteiger partial charge in [-0.1, -0.05) is 0 Å². The van der Waals surface area contributed by atoms with Crippen molar-refractivity contribution in [2.75, 3.05) is 0 Å². The Labute approximate surface area is 84.0 Å². The van der Waals surface area contributed by atoms with Crippen molar-refractivity contribution in [3.63, 3.8) is 0 Å². The predicted molar refractivity (Wildman–Crippen MR) is 52.5 cm³/mol. The first-order valence-electron chi connectivity index (χ1n) is 4.84. The molecular formula is C9H9N4O2. The van der Waals surface area contributed by atoms with E-state index in [4.69, 9.17) is 0 Å². The standard InChI is InChI=1S/C9H9N4O2/c14-8-6-7(11-9(15)12-8)13(4-10-6)3-5-1-2-5/h5H,1-3H2,(H2,11,12,14,15). The van der Waals surface area contributed by atoms with Gasteiger partial charge in [-0.05, 0) is 18.8 Å². The molecule has 6 heteroatoms. The van der Waals surface area contributed by atoms with Crippen molar-refractivity contribution in [2.45, 2.75) is 19.4 Å². The summed E-state index contributed by atoms with van der Waals surface area (Å²) >= 11 is 0. The van der Waals surface area contributed by atoms with Crippen LogP contribution >= 0.6 is 0 Å². The number of rotatable bonds is 2. The molecule has 0 bridgehead atoms. The van der Waals surface area contributed by atoms with Crippen LogP contribution < -0.4 is 11.2 Å². The lowest BCUT2D eigenvalue weighted by Gasteiger charge is -1.99. The van der Waals surface area contributed by atoms with Crippen LogP contribution in [0.4, 0.5) is 0 Å². The number of aromatic amines is 2. The van der Waals surface area contributed by atoms with Gasteiger partial charge >= 0.3 is 5.69 Å². The molecule has 15 heavy (non-hydrogen) atoms. The molecule has 1 aliphatic rings. The van der Waals surface area contributed by atoms with Crippen molar-refractivity contribution in [2.24, 2.45) is 5.92 Å². The van der Waals surface area contributed by atoms with Crippen LogP contribution in [0.15, 0.2) is 9.59 Å². The third kappa shape index (κ3) is 1.38. The van der Waals surface area contributed by atoms with Crippen LogP contribution in [-0.4, -0.2) is 19.5 Å². The quantitative estimate of drug-likeness (QED) is 0.701. The van der Waals surface area contributed by atoms with E-state index in [1.165, 1.54) is 12.8 Å². The third-order valence-electron chi connectivity index (χ3n) is 2.59. The van der Waals surface area contributed by atoms with Gasteiger partial charge in [0.05, 0.1) is 0 Å². The topological polar surface area (TPSA) is 83.5 Å². The van der Waals surface area contributed by atoms with Crippen LogP contribution in [0.2, 0.25) is 0 Å². The molecule has 2 aromatic rings. The van der Waals surface area contributed by atoms with Crippen molar-refractivity contribution in [3.05, 3.63) is 27.2 Å². The van der Waals surface area contributed by atoms with Crippen LogP contribution in [-0.2, 0) is 6.54 Å². The van der Waals surface area contributed by atoms with Crippen molar-refractivity contribution in [1.82, 2.24) is 19.5 Å². The summed E-state index contributed by atoms with van der Waals surface area (Å²) in [4.78, 5) is 31.0. The summed E-state index contributed by atoms with van der Waals surface area (Å²) in [6.45, 7) is 0.774. The average molecular weight is 205 g/mol. The van der Waals surface area contributed by atoms with E-state index in [1.807, 2.05) is 0 Å². The molecule has 0 unspecified atom stereocenters. The van der Waals surface area contributed by atoms with Crippen LogP contribution in [0.25, 0.3) is 11.2 Å². The van der Waals surface area contributed by atoms with Crippen molar-refractivity contribution < 1.29 is 0 Å². The molecular weight excluding hydrogens is 196 g/mol. The van der Waals surface area contributed by atoms with Gasteiger partial charge in [-0.15, -0.1) is 0 Å². The number of fused-ring (bicyclic) bond motifs is 1. The summed E-state index contributed by atoms with van der Waals surface area (Å²) in [5.74, 6) is 0.640. The fourth-order valence-electron chi connectivity index (χ4n) is 1.62. The molecule has 2 aromatic heterocycles. The van der Waals surface area contributed by atoms with Gasteiger partial charge < -0.3 is 4.57 Å². The van der Waals surface area contributed by atoms with Gasteiger partial charge in [0, 0.05) is 6.54 Å². The van der Waals surface area contributed by atoms with E-state index in [0.717, 1.165) is 6.54 Å². The molecule has 77 valence electrons. The number of nitrogens with one attached hydrogen (secondary N) is 2. The molecule has 0 saturated heterocycles. The highest BCUT2D eigenvalue weighted by molar-refractivity contribution is 5.68. The highest BCUT2D eigenvalue weighted by Gasteiger charge is 2.23. The zero-order valence-electron chi connectivity index (χ0n) is 7.91. The molecule has 0 spiro atoms. The largest absolute Gasteiger partial charge is 0.327 e. The molecule has 1 fully saturated rings. The van der Waals surface area contributed by atoms with Gasteiger partial charge in [-0.2, -0.15) is 0 Å². The Morgan fingerprint density at radius 3 is 2.93 bits per heavy atom. The molecule has 0 amide bonds.